The second-order valence-corrected chi connectivity index (χ2v) is 6.76. The number of ether oxygens (including phenoxy) is 1. The highest BCUT2D eigenvalue weighted by atomic mass is 19.4. The lowest BCUT2D eigenvalue weighted by Crippen LogP contribution is -2.45. The number of hydrogen-bond acceptors (Lipinski definition) is 4. The molecule has 0 bridgehead atoms. The average Bonchev–Trinajstić information content (AvgIpc) is 3.18. The van der Waals surface area contributed by atoms with Gasteiger partial charge >= 0.3 is 6.18 Å². The van der Waals surface area contributed by atoms with Gasteiger partial charge in [0.05, 0.1) is 12.1 Å². The zero-order valence-corrected chi connectivity index (χ0v) is 16.4. The van der Waals surface area contributed by atoms with Crippen molar-refractivity contribution >= 4 is 11.8 Å². The monoisotopic (exact) mass is 425 g/mol. The van der Waals surface area contributed by atoms with E-state index in [1.54, 1.807) is 19.3 Å². The van der Waals surface area contributed by atoms with Crippen LogP contribution in [0.5, 0.6) is 5.75 Å². The molecule has 6 nitrogen and oxygen atoms in total. The first-order valence-corrected chi connectivity index (χ1v) is 9.49. The van der Waals surface area contributed by atoms with Crippen LogP contribution in [0.3, 0.4) is 0 Å². The second kappa shape index (κ2) is 9.64. The molecule has 1 atom stereocenters. The quantitative estimate of drug-likeness (QED) is 0.322. The highest BCUT2D eigenvalue weighted by Gasteiger charge is 2.30. The molecule has 2 heterocycles. The predicted molar refractivity (Wildman–Crippen MR) is 106 cm³/mol. The van der Waals surface area contributed by atoms with E-state index in [2.05, 4.69) is 20.6 Å². The average molecular weight is 425 g/mol. The third-order valence-corrected chi connectivity index (χ3v) is 4.62. The molecule has 1 saturated heterocycles. The van der Waals surface area contributed by atoms with E-state index in [1.165, 1.54) is 18.2 Å². The number of aromatic nitrogens is 1. The van der Waals surface area contributed by atoms with Gasteiger partial charge in [0.25, 0.3) is 0 Å². The Kier molecular flexibility index (Phi) is 6.96. The normalized spacial score (nSPS) is 17.2. The molecule has 0 spiro atoms. The molecule has 1 aliphatic heterocycles. The molecule has 0 radical (unpaired) electrons. The number of pyridine rings is 1. The first-order valence-electron chi connectivity index (χ1n) is 9.49. The Bertz CT molecular complexity index is 874. The summed E-state index contributed by atoms with van der Waals surface area (Å²) >= 11 is 0. The molecular weight excluding hydrogens is 402 g/mol. The minimum Gasteiger partial charge on any atom is -0.492 e. The summed E-state index contributed by atoms with van der Waals surface area (Å²) in [7, 11) is 1.62. The summed E-state index contributed by atoms with van der Waals surface area (Å²) in [5.41, 5.74) is -0.749. The van der Waals surface area contributed by atoms with E-state index >= 15 is 0 Å². The van der Waals surface area contributed by atoms with Gasteiger partial charge in [0.2, 0.25) is 0 Å². The topological polar surface area (TPSA) is 61.8 Å². The number of nitrogens with zero attached hydrogens (tertiary/aromatic N) is 3. The van der Waals surface area contributed by atoms with Gasteiger partial charge in [-0.15, -0.1) is 0 Å². The van der Waals surface area contributed by atoms with Crippen molar-refractivity contribution in [2.45, 2.75) is 18.6 Å². The van der Waals surface area contributed by atoms with Crippen LogP contribution in [0, 0.1) is 5.82 Å². The Labute approximate surface area is 172 Å². The highest BCUT2D eigenvalue weighted by molar-refractivity contribution is 5.80. The van der Waals surface area contributed by atoms with Gasteiger partial charge < -0.3 is 20.3 Å². The summed E-state index contributed by atoms with van der Waals surface area (Å²) in [6.45, 7) is 1.76. The molecule has 1 unspecified atom stereocenters. The van der Waals surface area contributed by atoms with Gasteiger partial charge in [0, 0.05) is 32.4 Å². The lowest BCUT2D eigenvalue weighted by molar-refractivity contribution is -0.137. The SMILES string of the molecule is CN=C(NCCOc1cccc(C(F)(F)F)c1)NC1CCN(c2ncccc2F)C1. The first kappa shape index (κ1) is 21.7. The Morgan fingerprint density at radius 1 is 1.30 bits per heavy atom. The van der Waals surface area contributed by atoms with Crippen molar-refractivity contribution in [2.24, 2.45) is 4.99 Å². The molecule has 0 saturated carbocycles. The van der Waals surface area contributed by atoms with Crippen LogP contribution in [0.15, 0.2) is 47.6 Å². The second-order valence-electron chi connectivity index (χ2n) is 6.76. The number of aliphatic imine (C=N–C) groups is 1. The number of benzene rings is 1. The largest absolute Gasteiger partial charge is 0.492 e. The summed E-state index contributed by atoms with van der Waals surface area (Å²) in [6, 6.07) is 7.75. The molecule has 2 N–H and O–H groups in total. The Morgan fingerprint density at radius 3 is 2.87 bits per heavy atom. The van der Waals surface area contributed by atoms with E-state index in [0.29, 0.717) is 31.4 Å². The van der Waals surface area contributed by atoms with Crippen molar-refractivity contribution in [1.29, 1.82) is 0 Å². The minimum absolute atomic E-state index is 0.0574. The van der Waals surface area contributed by atoms with Crippen LogP contribution < -0.4 is 20.3 Å². The number of guanidine groups is 1. The van der Waals surface area contributed by atoms with Crippen LogP contribution in [0.2, 0.25) is 0 Å². The molecule has 2 aromatic rings. The van der Waals surface area contributed by atoms with Crippen LogP contribution in [-0.2, 0) is 6.18 Å². The van der Waals surface area contributed by atoms with Crippen molar-refractivity contribution in [3.63, 3.8) is 0 Å². The summed E-state index contributed by atoms with van der Waals surface area (Å²) < 4.78 is 57.5. The maximum atomic E-state index is 13.9. The van der Waals surface area contributed by atoms with Crippen molar-refractivity contribution in [3.8, 4) is 5.75 Å². The Hall–Kier alpha value is -3.04. The molecule has 1 aromatic heterocycles. The van der Waals surface area contributed by atoms with Gasteiger partial charge in [0.1, 0.15) is 12.4 Å². The molecule has 10 heteroatoms. The summed E-state index contributed by atoms with van der Waals surface area (Å²) in [4.78, 5) is 10.1. The Morgan fingerprint density at radius 2 is 2.13 bits per heavy atom. The van der Waals surface area contributed by atoms with Crippen LogP contribution in [0.1, 0.15) is 12.0 Å². The van der Waals surface area contributed by atoms with E-state index in [4.69, 9.17) is 4.74 Å². The fraction of sp³-hybridized carbons (Fsp3) is 0.400. The van der Waals surface area contributed by atoms with Gasteiger partial charge in [-0.3, -0.25) is 4.99 Å². The number of alkyl halides is 3. The molecule has 3 rings (SSSR count). The smallest absolute Gasteiger partial charge is 0.416 e. The van der Waals surface area contributed by atoms with Crippen LogP contribution in [0.4, 0.5) is 23.4 Å². The molecule has 1 aliphatic rings. The summed E-state index contributed by atoms with van der Waals surface area (Å²) in [6.07, 6.45) is -2.06. The third-order valence-electron chi connectivity index (χ3n) is 4.62. The van der Waals surface area contributed by atoms with Crippen molar-refractivity contribution in [2.75, 3.05) is 38.2 Å². The minimum atomic E-state index is -4.41. The van der Waals surface area contributed by atoms with Crippen LogP contribution in [0.25, 0.3) is 0 Å². The fourth-order valence-corrected chi connectivity index (χ4v) is 3.17. The molecular formula is C20H23F4N5O. The van der Waals surface area contributed by atoms with E-state index in [9.17, 15) is 17.6 Å². The lowest BCUT2D eigenvalue weighted by atomic mass is 10.2. The van der Waals surface area contributed by atoms with Crippen molar-refractivity contribution in [3.05, 3.63) is 54.0 Å². The van der Waals surface area contributed by atoms with Gasteiger partial charge in [0.15, 0.2) is 17.6 Å². The van der Waals surface area contributed by atoms with E-state index in [0.717, 1.165) is 18.6 Å². The molecule has 1 fully saturated rings. The van der Waals surface area contributed by atoms with Gasteiger partial charge in [-0.05, 0) is 36.8 Å². The Balaban J connectivity index is 1.43. The number of hydrogen-bond donors (Lipinski definition) is 2. The number of nitrogens with one attached hydrogen (secondary N) is 2. The van der Waals surface area contributed by atoms with Crippen molar-refractivity contribution in [1.82, 2.24) is 15.6 Å². The number of anilines is 1. The van der Waals surface area contributed by atoms with Gasteiger partial charge in [-0.2, -0.15) is 13.2 Å². The number of rotatable bonds is 6. The zero-order valence-electron chi connectivity index (χ0n) is 16.4. The summed E-state index contributed by atoms with van der Waals surface area (Å²) in [5, 5.41) is 6.32. The van der Waals surface area contributed by atoms with Gasteiger partial charge in [-0.1, -0.05) is 6.07 Å². The fourth-order valence-electron chi connectivity index (χ4n) is 3.17. The van der Waals surface area contributed by atoms with Gasteiger partial charge in [-0.25, -0.2) is 9.37 Å². The molecule has 30 heavy (non-hydrogen) atoms. The molecule has 162 valence electrons. The van der Waals surface area contributed by atoms with E-state index in [1.807, 2.05) is 4.90 Å². The van der Waals surface area contributed by atoms with Crippen LogP contribution >= 0.6 is 0 Å². The molecule has 0 amide bonds. The lowest BCUT2D eigenvalue weighted by Gasteiger charge is -2.20. The van der Waals surface area contributed by atoms with E-state index < -0.39 is 11.7 Å². The zero-order chi connectivity index (χ0) is 21.6. The maximum Gasteiger partial charge on any atom is 0.416 e. The van der Waals surface area contributed by atoms with Crippen molar-refractivity contribution < 1.29 is 22.3 Å². The number of halogens is 4. The van der Waals surface area contributed by atoms with Crippen LogP contribution in [-0.4, -0.2) is 50.3 Å². The predicted octanol–water partition coefficient (Wildman–Crippen LogP) is 3.06. The standard InChI is InChI=1S/C20H23F4N5O/c1-25-19(27-9-11-30-16-5-2-4-14(12-16)20(22,23)24)28-15-7-10-29(13-15)18-17(21)6-3-8-26-18/h2-6,8,12,15H,7,9-11,13H2,1H3,(H2,25,27,28). The third kappa shape index (κ3) is 5.74. The highest BCUT2D eigenvalue weighted by Crippen LogP contribution is 2.31. The molecule has 0 aliphatic carbocycles. The maximum absolute atomic E-state index is 13.9. The first-order chi connectivity index (χ1) is 14.4. The van der Waals surface area contributed by atoms with E-state index in [-0.39, 0.29) is 24.2 Å². The summed E-state index contributed by atoms with van der Waals surface area (Å²) in [5.74, 6) is 0.668. The molecule has 1 aromatic carbocycles.